The van der Waals surface area contributed by atoms with Gasteiger partial charge in [0.1, 0.15) is 0 Å². The minimum absolute atomic E-state index is 0.717. The highest BCUT2D eigenvalue weighted by Crippen LogP contribution is 2.44. The van der Waals surface area contributed by atoms with E-state index in [2.05, 4.69) is 100 Å². The van der Waals surface area contributed by atoms with Crippen LogP contribution in [0.4, 0.5) is 0 Å². The fourth-order valence-electron chi connectivity index (χ4n) is 9.55. The predicted octanol–water partition coefficient (Wildman–Crippen LogP) is 16.4. The van der Waals surface area contributed by atoms with Gasteiger partial charge >= 0.3 is 0 Å². The molecule has 0 heterocycles. The summed E-state index contributed by atoms with van der Waals surface area (Å²) in [7, 11) is 0. The van der Waals surface area contributed by atoms with Gasteiger partial charge in [-0.1, -0.05) is 162 Å². The molecule has 4 aromatic rings. The van der Waals surface area contributed by atoms with Crippen LogP contribution in [0.1, 0.15) is 174 Å². The van der Waals surface area contributed by atoms with Gasteiger partial charge in [0.25, 0.3) is 0 Å². The maximum Gasteiger partial charge on any atom is 0.0583 e. The first-order valence-corrected chi connectivity index (χ1v) is 22.9. The molecule has 0 amide bonds. The average Bonchev–Trinajstić information content (AvgIpc) is 3.18. The molecule has 0 aliphatic heterocycles. The van der Waals surface area contributed by atoms with Crippen molar-refractivity contribution < 1.29 is 0 Å². The van der Waals surface area contributed by atoms with Crippen molar-refractivity contribution in [1.29, 1.82) is 0 Å². The van der Waals surface area contributed by atoms with E-state index in [1.54, 1.807) is 11.8 Å². The predicted molar refractivity (Wildman–Crippen MR) is 233 cm³/mol. The van der Waals surface area contributed by atoms with Gasteiger partial charge in [-0.25, -0.2) is 0 Å². The second-order valence-electron chi connectivity index (χ2n) is 16.5. The third-order valence-corrected chi connectivity index (χ3v) is 14.8. The average molecular weight is 768 g/mol. The Morgan fingerprint density at radius 1 is 0.472 bits per heavy atom. The minimum atomic E-state index is 0.717. The first-order chi connectivity index (χ1) is 25.9. The van der Waals surface area contributed by atoms with Gasteiger partial charge in [0.2, 0.25) is 0 Å². The van der Waals surface area contributed by atoms with E-state index in [0.29, 0.717) is 11.8 Å². The fourth-order valence-corrected chi connectivity index (χ4v) is 11.2. The van der Waals surface area contributed by atoms with Crippen LogP contribution >= 0.6 is 35.0 Å². The minimum Gasteiger partial charge on any atom is -0.0869 e. The molecule has 0 nitrogen and oxygen atoms in total. The Morgan fingerprint density at radius 2 is 0.849 bits per heavy atom. The number of rotatable bonds is 16. The monoisotopic (exact) mass is 766 g/mol. The molecule has 3 heteroatoms. The third kappa shape index (κ3) is 10.6. The van der Waals surface area contributed by atoms with Crippen LogP contribution in [0, 0.1) is 11.8 Å². The number of hydrogen-bond donors (Lipinski definition) is 0. The Labute approximate surface area is 337 Å². The zero-order valence-electron chi connectivity index (χ0n) is 33.1. The van der Waals surface area contributed by atoms with Crippen molar-refractivity contribution in [2.45, 2.75) is 165 Å². The zero-order chi connectivity index (χ0) is 37.2. The van der Waals surface area contributed by atoms with Crippen molar-refractivity contribution in [2.75, 3.05) is 0 Å². The van der Waals surface area contributed by atoms with Crippen LogP contribution in [0.3, 0.4) is 0 Å². The topological polar surface area (TPSA) is 0 Å². The number of benzene rings is 4. The summed E-state index contributed by atoms with van der Waals surface area (Å²) in [4.78, 5) is 2.19. The van der Waals surface area contributed by atoms with Gasteiger partial charge in [-0.15, -0.1) is 0 Å². The quantitative estimate of drug-likeness (QED) is 0.109. The molecule has 53 heavy (non-hydrogen) atoms. The molecule has 0 aromatic heterocycles. The molecule has 0 spiro atoms. The smallest absolute Gasteiger partial charge is 0.0583 e. The van der Waals surface area contributed by atoms with Crippen LogP contribution in [0.25, 0.3) is 0 Å². The van der Waals surface area contributed by atoms with Crippen molar-refractivity contribution in [2.24, 2.45) is 11.8 Å². The molecule has 2 aliphatic rings. The van der Waals surface area contributed by atoms with Crippen LogP contribution < -0.4 is 0 Å². The second-order valence-corrected chi connectivity index (χ2v) is 18.3. The normalized spacial score (nSPS) is 20.5. The van der Waals surface area contributed by atoms with Gasteiger partial charge < -0.3 is 0 Å². The first-order valence-electron chi connectivity index (χ1n) is 21.4. The van der Waals surface area contributed by atoms with Crippen LogP contribution in [0.2, 0.25) is 10.0 Å². The fraction of sp³-hybridized carbons (Fsp3) is 0.520. The van der Waals surface area contributed by atoms with Crippen LogP contribution in [0.15, 0.2) is 82.6 Å². The van der Waals surface area contributed by atoms with Gasteiger partial charge in [-0.3, -0.25) is 0 Å². The molecule has 0 radical (unpaired) electrons. The zero-order valence-corrected chi connectivity index (χ0v) is 35.5. The summed E-state index contributed by atoms with van der Waals surface area (Å²) in [6.45, 7) is 9.17. The lowest BCUT2D eigenvalue weighted by Crippen LogP contribution is -2.13. The Hall–Kier alpha value is -2.19. The van der Waals surface area contributed by atoms with E-state index in [4.69, 9.17) is 23.2 Å². The first kappa shape index (κ1) is 40.5. The molecule has 284 valence electrons. The van der Waals surface area contributed by atoms with Crippen molar-refractivity contribution >= 4 is 35.0 Å². The maximum absolute atomic E-state index is 7.38. The standard InChI is InChI=1S/C50H64Cl2S/c1-5-9-35-13-21-39(22-14-35)41-25-17-37(18-26-41)33-45-43(11-7-3)29-31-47(49(45)51)53-48-32-30-44(12-8-4)46(50(48)52)34-38-19-27-42(28-20-38)40-23-15-36(10-6-2)16-24-40/h17-20,25-32,35-36,39-40H,5-16,21-24,33-34H2,1-4H3. The summed E-state index contributed by atoms with van der Waals surface area (Å²) in [5, 5.41) is 1.77. The van der Waals surface area contributed by atoms with E-state index in [9.17, 15) is 0 Å². The van der Waals surface area contributed by atoms with Gasteiger partial charge in [0.05, 0.1) is 10.0 Å². The lowest BCUT2D eigenvalue weighted by Gasteiger charge is -2.28. The lowest BCUT2D eigenvalue weighted by atomic mass is 9.77. The molecule has 4 aromatic carbocycles. The van der Waals surface area contributed by atoms with Crippen LogP contribution in [0.5, 0.6) is 0 Å². The van der Waals surface area contributed by atoms with Gasteiger partial charge in [0.15, 0.2) is 0 Å². The summed E-state index contributed by atoms with van der Waals surface area (Å²) in [5.41, 5.74) is 11.0. The molecular formula is C50H64Cl2S. The van der Waals surface area contributed by atoms with Crippen molar-refractivity contribution in [3.63, 3.8) is 0 Å². The molecule has 0 saturated heterocycles. The van der Waals surface area contributed by atoms with Crippen LogP contribution in [-0.2, 0) is 25.7 Å². The third-order valence-electron chi connectivity index (χ3n) is 12.6. The maximum atomic E-state index is 7.38. The largest absolute Gasteiger partial charge is 0.0869 e. The van der Waals surface area contributed by atoms with E-state index in [1.807, 2.05) is 0 Å². The molecule has 0 bridgehead atoms. The summed E-state index contributed by atoms with van der Waals surface area (Å²) < 4.78 is 0. The SMILES string of the molecule is CCCc1ccc(Sc2ccc(CCC)c(Cc3ccc(C4CCC(CCC)CC4)cc3)c2Cl)c(Cl)c1Cc1ccc(C2CCC(CCC)CC2)cc1. The molecule has 0 unspecified atom stereocenters. The highest BCUT2D eigenvalue weighted by molar-refractivity contribution is 7.99. The summed E-state index contributed by atoms with van der Waals surface area (Å²) in [6, 6.07) is 28.1. The van der Waals surface area contributed by atoms with E-state index in [-0.39, 0.29) is 0 Å². The van der Waals surface area contributed by atoms with Gasteiger partial charge in [-0.05, 0) is 157 Å². The number of hydrogen-bond acceptors (Lipinski definition) is 1. The van der Waals surface area contributed by atoms with Crippen molar-refractivity contribution in [1.82, 2.24) is 0 Å². The molecule has 2 fully saturated rings. The Bertz CT molecular complexity index is 1590. The van der Waals surface area contributed by atoms with E-state index >= 15 is 0 Å². The highest BCUT2D eigenvalue weighted by atomic mass is 35.5. The lowest BCUT2D eigenvalue weighted by molar-refractivity contribution is 0.308. The Morgan fingerprint density at radius 3 is 1.19 bits per heavy atom. The molecule has 2 aliphatic carbocycles. The van der Waals surface area contributed by atoms with Crippen LogP contribution in [-0.4, -0.2) is 0 Å². The molecule has 6 rings (SSSR count). The molecular weight excluding hydrogens is 704 g/mol. The summed E-state index contributed by atoms with van der Waals surface area (Å²) in [6.07, 6.45) is 22.3. The number of aryl methyl sites for hydroxylation is 2. The van der Waals surface area contributed by atoms with E-state index in [0.717, 1.165) is 70.2 Å². The van der Waals surface area contributed by atoms with Gasteiger partial charge in [-0.2, -0.15) is 0 Å². The molecule has 0 atom stereocenters. The second kappa shape index (κ2) is 20.1. The van der Waals surface area contributed by atoms with Crippen molar-refractivity contribution in [3.05, 3.63) is 127 Å². The number of halogens is 2. The van der Waals surface area contributed by atoms with E-state index < -0.39 is 0 Å². The van der Waals surface area contributed by atoms with Crippen molar-refractivity contribution in [3.8, 4) is 0 Å². The van der Waals surface area contributed by atoms with Gasteiger partial charge in [0, 0.05) is 9.79 Å². The summed E-state index contributed by atoms with van der Waals surface area (Å²) >= 11 is 16.5. The van der Waals surface area contributed by atoms with E-state index in [1.165, 1.54) is 122 Å². The summed E-state index contributed by atoms with van der Waals surface area (Å²) in [5.74, 6) is 3.32. The Kier molecular flexibility index (Phi) is 15.4. The Balaban J connectivity index is 1.18. The molecule has 2 saturated carbocycles. The highest BCUT2D eigenvalue weighted by Gasteiger charge is 2.24. The molecule has 0 N–H and O–H groups in total.